The topological polar surface area (TPSA) is 33.5 Å². The van der Waals surface area contributed by atoms with Crippen molar-refractivity contribution >= 4 is 28.2 Å². The van der Waals surface area contributed by atoms with Gasteiger partial charge in [0, 0.05) is 16.8 Å². The predicted octanol–water partition coefficient (Wildman–Crippen LogP) is 4.47. The maximum Gasteiger partial charge on any atom is 0.289 e. The van der Waals surface area contributed by atoms with Crippen LogP contribution >= 0.6 is 11.3 Å². The second-order valence-corrected chi connectivity index (χ2v) is 6.08. The Morgan fingerprint density at radius 2 is 2.14 bits per heavy atom. The van der Waals surface area contributed by atoms with Gasteiger partial charge in [-0.25, -0.2) is 0 Å². The Balaban J connectivity index is 1.87. The van der Waals surface area contributed by atoms with Gasteiger partial charge in [-0.2, -0.15) is 0 Å². The fourth-order valence-corrected chi connectivity index (χ4v) is 3.06. The quantitative estimate of drug-likeness (QED) is 0.712. The number of aryl methyl sites for hydroxylation is 1. The predicted molar refractivity (Wildman–Crippen MR) is 85.7 cm³/mol. The molecule has 3 aromatic rings. The molecule has 2 aromatic heterocycles. The van der Waals surface area contributed by atoms with E-state index in [0.717, 1.165) is 16.5 Å². The van der Waals surface area contributed by atoms with E-state index in [-0.39, 0.29) is 5.91 Å². The fourth-order valence-electron chi connectivity index (χ4n) is 2.34. The Morgan fingerprint density at radius 1 is 1.29 bits per heavy atom. The molecule has 4 heteroatoms. The van der Waals surface area contributed by atoms with Gasteiger partial charge in [-0.15, -0.1) is 11.3 Å². The van der Waals surface area contributed by atoms with Crippen molar-refractivity contribution in [3.8, 4) is 0 Å². The van der Waals surface area contributed by atoms with Gasteiger partial charge >= 0.3 is 0 Å². The molecule has 0 saturated heterocycles. The maximum atomic E-state index is 12.6. The first-order valence-electron chi connectivity index (χ1n) is 6.99. The second-order valence-electron chi connectivity index (χ2n) is 5.05. The number of carbonyl (C=O) groups is 1. The third kappa shape index (κ3) is 2.85. The molecule has 1 amide bonds. The number of furan rings is 1. The van der Waals surface area contributed by atoms with E-state index in [4.69, 9.17) is 4.42 Å². The third-order valence-electron chi connectivity index (χ3n) is 3.48. The average molecular weight is 299 g/mol. The molecule has 3 nitrogen and oxygen atoms in total. The van der Waals surface area contributed by atoms with Gasteiger partial charge in [0.25, 0.3) is 5.91 Å². The minimum absolute atomic E-state index is 0.0558. The van der Waals surface area contributed by atoms with Crippen LogP contribution in [0.4, 0.5) is 0 Å². The van der Waals surface area contributed by atoms with Crippen molar-refractivity contribution in [3.05, 3.63) is 58.0 Å². The molecule has 0 aliphatic carbocycles. The number of rotatable bonds is 4. The van der Waals surface area contributed by atoms with E-state index in [1.807, 2.05) is 55.6 Å². The number of benzene rings is 1. The molecule has 2 heterocycles. The monoisotopic (exact) mass is 299 g/mol. The molecule has 3 rings (SSSR count). The molecule has 0 N–H and O–H groups in total. The molecular weight excluding hydrogens is 282 g/mol. The third-order valence-corrected chi connectivity index (χ3v) is 4.34. The number of carbonyl (C=O) groups excluding carboxylic acids is 1. The van der Waals surface area contributed by atoms with Crippen LogP contribution in [-0.4, -0.2) is 17.4 Å². The van der Waals surface area contributed by atoms with Crippen LogP contribution in [0.3, 0.4) is 0 Å². The van der Waals surface area contributed by atoms with Crippen LogP contribution in [0.5, 0.6) is 0 Å². The molecule has 0 radical (unpaired) electrons. The van der Waals surface area contributed by atoms with Gasteiger partial charge in [-0.05, 0) is 43.5 Å². The first kappa shape index (κ1) is 13.9. The van der Waals surface area contributed by atoms with E-state index in [2.05, 4.69) is 0 Å². The van der Waals surface area contributed by atoms with Crippen molar-refractivity contribution < 1.29 is 9.21 Å². The summed E-state index contributed by atoms with van der Waals surface area (Å²) in [4.78, 5) is 15.6. The van der Waals surface area contributed by atoms with E-state index in [0.29, 0.717) is 18.8 Å². The minimum Gasteiger partial charge on any atom is -0.451 e. The molecule has 0 aliphatic rings. The van der Waals surface area contributed by atoms with Crippen LogP contribution in [0.1, 0.15) is 27.9 Å². The summed E-state index contributed by atoms with van der Waals surface area (Å²) in [6, 6.07) is 11.8. The number of hydrogen-bond donors (Lipinski definition) is 0. The number of fused-ring (bicyclic) bond motifs is 1. The van der Waals surface area contributed by atoms with Crippen LogP contribution in [0.2, 0.25) is 0 Å². The zero-order valence-corrected chi connectivity index (χ0v) is 12.9. The van der Waals surface area contributed by atoms with Gasteiger partial charge in [-0.3, -0.25) is 4.79 Å². The summed E-state index contributed by atoms with van der Waals surface area (Å²) in [5, 5.41) is 3.00. The van der Waals surface area contributed by atoms with Crippen molar-refractivity contribution in [2.75, 3.05) is 6.54 Å². The summed E-state index contributed by atoms with van der Waals surface area (Å²) in [6.45, 7) is 5.30. The van der Waals surface area contributed by atoms with Crippen molar-refractivity contribution in [1.82, 2.24) is 4.90 Å². The highest BCUT2D eigenvalue weighted by Gasteiger charge is 2.19. The zero-order valence-electron chi connectivity index (χ0n) is 12.1. The Bertz CT molecular complexity index is 758. The maximum absolute atomic E-state index is 12.6. The van der Waals surface area contributed by atoms with Gasteiger partial charge in [0.2, 0.25) is 0 Å². The van der Waals surface area contributed by atoms with Gasteiger partial charge in [0.05, 0.1) is 6.54 Å². The van der Waals surface area contributed by atoms with Crippen LogP contribution in [0.25, 0.3) is 11.0 Å². The van der Waals surface area contributed by atoms with E-state index >= 15 is 0 Å². The van der Waals surface area contributed by atoms with Crippen molar-refractivity contribution in [2.24, 2.45) is 0 Å². The summed E-state index contributed by atoms with van der Waals surface area (Å²) < 4.78 is 5.70. The van der Waals surface area contributed by atoms with Crippen LogP contribution in [-0.2, 0) is 6.54 Å². The molecular formula is C17H17NO2S. The highest BCUT2D eigenvalue weighted by molar-refractivity contribution is 7.09. The lowest BCUT2D eigenvalue weighted by atomic mass is 10.2. The lowest BCUT2D eigenvalue weighted by molar-refractivity contribution is 0.0724. The largest absolute Gasteiger partial charge is 0.451 e. The Morgan fingerprint density at radius 3 is 2.86 bits per heavy atom. The number of nitrogens with zero attached hydrogens (tertiary/aromatic N) is 1. The summed E-state index contributed by atoms with van der Waals surface area (Å²) in [6.07, 6.45) is 0. The van der Waals surface area contributed by atoms with Crippen LogP contribution < -0.4 is 0 Å². The average Bonchev–Trinajstić information content (AvgIpc) is 3.12. The lowest BCUT2D eigenvalue weighted by Gasteiger charge is -2.18. The molecule has 0 bridgehead atoms. The molecule has 21 heavy (non-hydrogen) atoms. The Labute approximate surface area is 127 Å². The number of hydrogen-bond acceptors (Lipinski definition) is 3. The first-order valence-corrected chi connectivity index (χ1v) is 7.87. The van der Waals surface area contributed by atoms with Gasteiger partial charge in [0.1, 0.15) is 5.58 Å². The molecule has 0 aliphatic heterocycles. The molecule has 0 unspecified atom stereocenters. The summed E-state index contributed by atoms with van der Waals surface area (Å²) in [7, 11) is 0. The highest BCUT2D eigenvalue weighted by atomic mass is 32.1. The molecule has 108 valence electrons. The number of thiophene rings is 1. The summed E-state index contributed by atoms with van der Waals surface area (Å²) >= 11 is 1.66. The van der Waals surface area contributed by atoms with Crippen molar-refractivity contribution in [1.29, 1.82) is 0 Å². The van der Waals surface area contributed by atoms with E-state index in [1.165, 1.54) is 4.88 Å². The van der Waals surface area contributed by atoms with Crippen molar-refractivity contribution in [3.63, 3.8) is 0 Å². The zero-order chi connectivity index (χ0) is 14.8. The Kier molecular flexibility index (Phi) is 3.80. The van der Waals surface area contributed by atoms with E-state index in [1.54, 1.807) is 16.2 Å². The Hall–Kier alpha value is -2.07. The number of amides is 1. The normalized spacial score (nSPS) is 11.0. The fraction of sp³-hybridized carbons (Fsp3) is 0.235. The standard InChI is InChI=1S/C17H17NO2S/c1-3-18(11-14-5-4-8-21-14)17(19)16-10-13-9-12(2)6-7-15(13)20-16/h4-10H,3,11H2,1-2H3. The molecule has 0 spiro atoms. The first-order chi connectivity index (χ1) is 10.2. The molecule has 0 fully saturated rings. The van der Waals surface area contributed by atoms with Gasteiger partial charge in [0.15, 0.2) is 5.76 Å². The smallest absolute Gasteiger partial charge is 0.289 e. The van der Waals surface area contributed by atoms with Gasteiger partial charge < -0.3 is 9.32 Å². The van der Waals surface area contributed by atoms with E-state index in [9.17, 15) is 4.79 Å². The van der Waals surface area contributed by atoms with Crippen molar-refractivity contribution in [2.45, 2.75) is 20.4 Å². The SMILES string of the molecule is CCN(Cc1cccs1)C(=O)c1cc2cc(C)ccc2o1. The van der Waals surface area contributed by atoms with Crippen LogP contribution in [0, 0.1) is 6.92 Å². The summed E-state index contributed by atoms with van der Waals surface area (Å²) in [5.74, 6) is 0.355. The second kappa shape index (κ2) is 5.74. The van der Waals surface area contributed by atoms with Crippen LogP contribution in [0.15, 0.2) is 46.2 Å². The van der Waals surface area contributed by atoms with Gasteiger partial charge in [-0.1, -0.05) is 17.7 Å². The molecule has 0 saturated carbocycles. The highest BCUT2D eigenvalue weighted by Crippen LogP contribution is 2.22. The molecule has 0 atom stereocenters. The summed E-state index contributed by atoms with van der Waals surface area (Å²) in [5.41, 5.74) is 1.92. The molecule has 1 aromatic carbocycles. The van der Waals surface area contributed by atoms with E-state index < -0.39 is 0 Å². The lowest BCUT2D eigenvalue weighted by Crippen LogP contribution is -2.29. The minimum atomic E-state index is -0.0558.